The Kier molecular flexibility index (Phi) is 5.52. The van der Waals surface area contributed by atoms with Crippen molar-refractivity contribution in [2.45, 2.75) is 13.5 Å². The number of nitrogens with one attached hydrogen (secondary N) is 1. The fraction of sp³-hybridized carbons (Fsp3) is 0.158. The number of ether oxygens (including phenoxy) is 1. The summed E-state index contributed by atoms with van der Waals surface area (Å²) in [6, 6.07) is 12.3. The molecule has 0 aliphatic carbocycles. The van der Waals surface area contributed by atoms with Gasteiger partial charge in [0.05, 0.1) is 19.0 Å². The molecule has 1 heterocycles. The van der Waals surface area contributed by atoms with Crippen LogP contribution in [0.4, 0.5) is 5.69 Å². The Labute approximate surface area is 160 Å². The van der Waals surface area contributed by atoms with Crippen molar-refractivity contribution in [1.82, 2.24) is 14.8 Å². The first-order valence-corrected chi connectivity index (χ1v) is 8.48. The Bertz CT molecular complexity index is 1050. The summed E-state index contributed by atoms with van der Waals surface area (Å²) in [5.41, 5.74) is 1.94. The molecule has 7 nitrogen and oxygen atoms in total. The number of aromatic nitrogens is 3. The highest BCUT2D eigenvalue weighted by molar-refractivity contribution is 6.31. The van der Waals surface area contributed by atoms with Gasteiger partial charge in [-0.2, -0.15) is 10.1 Å². The number of aryl methyl sites for hydroxylation is 1. The minimum Gasteiger partial charge on any atom is -0.497 e. The molecular formula is C19H17ClN4O3. The van der Waals surface area contributed by atoms with Crippen LogP contribution < -0.4 is 15.7 Å². The molecule has 0 aliphatic heterocycles. The third-order valence-corrected chi connectivity index (χ3v) is 4.28. The van der Waals surface area contributed by atoms with Crippen molar-refractivity contribution in [3.8, 4) is 17.0 Å². The normalized spacial score (nSPS) is 10.5. The summed E-state index contributed by atoms with van der Waals surface area (Å²) < 4.78 is 6.16. The van der Waals surface area contributed by atoms with E-state index in [1.165, 1.54) is 6.20 Å². The second-order valence-electron chi connectivity index (χ2n) is 5.83. The molecule has 3 aromatic rings. The second kappa shape index (κ2) is 8.01. The van der Waals surface area contributed by atoms with Gasteiger partial charge >= 0.3 is 5.69 Å². The molecule has 0 bridgehead atoms. The van der Waals surface area contributed by atoms with Crippen LogP contribution in [0.2, 0.25) is 5.02 Å². The lowest BCUT2D eigenvalue weighted by molar-refractivity contribution is -0.117. The van der Waals surface area contributed by atoms with Crippen LogP contribution in [0.1, 0.15) is 5.56 Å². The first-order valence-electron chi connectivity index (χ1n) is 8.11. The summed E-state index contributed by atoms with van der Waals surface area (Å²) in [5.74, 6) is 0.245. The molecule has 0 spiro atoms. The molecule has 0 aliphatic rings. The molecule has 27 heavy (non-hydrogen) atoms. The number of carbonyl (C=O) groups is 1. The van der Waals surface area contributed by atoms with Crippen molar-refractivity contribution in [1.29, 1.82) is 0 Å². The molecule has 0 saturated carbocycles. The molecule has 1 amide bonds. The Morgan fingerprint density at radius 1 is 1.26 bits per heavy atom. The quantitative estimate of drug-likeness (QED) is 0.731. The number of benzene rings is 2. The summed E-state index contributed by atoms with van der Waals surface area (Å²) in [6.45, 7) is 1.61. The molecular weight excluding hydrogens is 368 g/mol. The van der Waals surface area contributed by atoms with Crippen LogP contribution in [-0.4, -0.2) is 27.8 Å². The van der Waals surface area contributed by atoms with Crippen LogP contribution in [0.15, 0.2) is 53.5 Å². The highest BCUT2D eigenvalue weighted by Crippen LogP contribution is 2.21. The maximum atomic E-state index is 12.2. The molecule has 0 fully saturated rings. The van der Waals surface area contributed by atoms with Crippen molar-refractivity contribution in [3.05, 3.63) is 69.7 Å². The van der Waals surface area contributed by atoms with E-state index < -0.39 is 11.6 Å². The third kappa shape index (κ3) is 4.51. The number of rotatable bonds is 5. The van der Waals surface area contributed by atoms with E-state index in [4.69, 9.17) is 16.3 Å². The fourth-order valence-electron chi connectivity index (χ4n) is 2.40. The lowest BCUT2D eigenvalue weighted by Crippen LogP contribution is -2.31. The highest BCUT2D eigenvalue weighted by Gasteiger charge is 2.10. The Morgan fingerprint density at radius 3 is 2.78 bits per heavy atom. The predicted octanol–water partition coefficient (Wildman–Crippen LogP) is 2.91. The Balaban J connectivity index is 1.74. The topological polar surface area (TPSA) is 86.1 Å². The molecule has 1 N–H and O–H groups in total. The van der Waals surface area contributed by atoms with E-state index in [1.54, 1.807) is 49.6 Å². The van der Waals surface area contributed by atoms with Crippen molar-refractivity contribution in [2.24, 2.45) is 0 Å². The summed E-state index contributed by atoms with van der Waals surface area (Å²) in [7, 11) is 1.56. The number of hydrogen-bond donors (Lipinski definition) is 1. The minimum absolute atomic E-state index is 0.254. The number of carbonyl (C=O) groups excluding carboxylic acids is 1. The van der Waals surface area contributed by atoms with Crippen molar-refractivity contribution < 1.29 is 9.53 Å². The number of hydrogen-bond acceptors (Lipinski definition) is 5. The van der Waals surface area contributed by atoms with E-state index in [9.17, 15) is 9.59 Å². The zero-order valence-corrected chi connectivity index (χ0v) is 15.5. The standard InChI is InChI=1S/C19H17ClN4O3/c1-12-6-7-14(9-16(12)20)22-18(25)11-24-19(26)23-17(10-21-24)13-4-3-5-15(8-13)27-2/h3-10H,11H2,1-2H3,(H,22,25). The average Bonchev–Trinajstić information content (AvgIpc) is 2.66. The number of anilines is 1. The van der Waals surface area contributed by atoms with Crippen LogP contribution in [0.5, 0.6) is 5.75 Å². The lowest BCUT2D eigenvalue weighted by Gasteiger charge is -2.08. The van der Waals surface area contributed by atoms with Gasteiger partial charge in [0.25, 0.3) is 0 Å². The average molecular weight is 385 g/mol. The summed E-state index contributed by atoms with van der Waals surface area (Å²) in [4.78, 5) is 28.4. The van der Waals surface area contributed by atoms with Gasteiger partial charge in [0.2, 0.25) is 5.91 Å². The van der Waals surface area contributed by atoms with Crippen molar-refractivity contribution in [3.63, 3.8) is 0 Å². The van der Waals surface area contributed by atoms with Gasteiger partial charge in [-0.25, -0.2) is 9.48 Å². The Morgan fingerprint density at radius 2 is 2.07 bits per heavy atom. The number of amides is 1. The maximum Gasteiger partial charge on any atom is 0.365 e. The number of nitrogens with zero attached hydrogens (tertiary/aromatic N) is 3. The van der Waals surface area contributed by atoms with Crippen molar-refractivity contribution in [2.75, 3.05) is 12.4 Å². The molecule has 3 rings (SSSR count). The molecule has 2 aromatic carbocycles. The number of halogens is 1. The molecule has 0 unspecified atom stereocenters. The molecule has 1 aromatic heterocycles. The van der Waals surface area contributed by atoms with Crippen LogP contribution in [0.3, 0.4) is 0 Å². The van der Waals surface area contributed by atoms with Crippen LogP contribution in [0, 0.1) is 6.92 Å². The van der Waals surface area contributed by atoms with Gasteiger partial charge < -0.3 is 10.1 Å². The van der Waals surface area contributed by atoms with E-state index in [2.05, 4.69) is 15.4 Å². The zero-order valence-electron chi connectivity index (χ0n) is 14.8. The maximum absolute atomic E-state index is 12.2. The fourth-order valence-corrected chi connectivity index (χ4v) is 2.58. The first kappa shape index (κ1) is 18.6. The van der Waals surface area contributed by atoms with E-state index >= 15 is 0 Å². The van der Waals surface area contributed by atoms with Crippen LogP contribution >= 0.6 is 11.6 Å². The van der Waals surface area contributed by atoms with E-state index in [0.717, 1.165) is 10.2 Å². The van der Waals surface area contributed by atoms with Gasteiger partial charge in [0, 0.05) is 16.3 Å². The van der Waals surface area contributed by atoms with E-state index in [-0.39, 0.29) is 6.54 Å². The Hall–Kier alpha value is -3.19. The highest BCUT2D eigenvalue weighted by atomic mass is 35.5. The number of methoxy groups -OCH3 is 1. The van der Waals surface area contributed by atoms with Gasteiger partial charge in [-0.3, -0.25) is 4.79 Å². The zero-order chi connectivity index (χ0) is 19.4. The van der Waals surface area contributed by atoms with E-state index in [1.807, 2.05) is 6.92 Å². The molecule has 138 valence electrons. The lowest BCUT2D eigenvalue weighted by atomic mass is 10.1. The SMILES string of the molecule is COc1cccc(-c2cnn(CC(=O)Nc3ccc(C)c(Cl)c3)c(=O)n2)c1. The summed E-state index contributed by atoms with van der Waals surface area (Å²) in [6.07, 6.45) is 1.44. The molecule has 0 radical (unpaired) electrons. The monoisotopic (exact) mass is 384 g/mol. The van der Waals surface area contributed by atoms with Crippen LogP contribution in [-0.2, 0) is 11.3 Å². The van der Waals surface area contributed by atoms with Crippen molar-refractivity contribution >= 4 is 23.2 Å². The smallest absolute Gasteiger partial charge is 0.365 e. The van der Waals surface area contributed by atoms with Gasteiger partial charge in [-0.15, -0.1) is 0 Å². The molecule has 0 atom stereocenters. The van der Waals surface area contributed by atoms with Crippen LogP contribution in [0.25, 0.3) is 11.3 Å². The second-order valence-corrected chi connectivity index (χ2v) is 6.23. The minimum atomic E-state index is -0.618. The largest absolute Gasteiger partial charge is 0.497 e. The summed E-state index contributed by atoms with van der Waals surface area (Å²) >= 11 is 6.04. The van der Waals surface area contributed by atoms with E-state index in [0.29, 0.717) is 27.7 Å². The van der Waals surface area contributed by atoms with Gasteiger partial charge in [0.15, 0.2) is 0 Å². The first-order chi connectivity index (χ1) is 13.0. The molecule has 8 heteroatoms. The van der Waals surface area contributed by atoms with Gasteiger partial charge in [-0.05, 0) is 36.8 Å². The molecule has 0 saturated heterocycles. The summed E-state index contributed by atoms with van der Waals surface area (Å²) in [5, 5.41) is 7.27. The predicted molar refractivity (Wildman–Crippen MR) is 103 cm³/mol. The van der Waals surface area contributed by atoms with Gasteiger partial charge in [0.1, 0.15) is 12.3 Å². The third-order valence-electron chi connectivity index (χ3n) is 3.87. The van der Waals surface area contributed by atoms with Gasteiger partial charge in [-0.1, -0.05) is 29.8 Å².